The van der Waals surface area contributed by atoms with Gasteiger partial charge in [0.1, 0.15) is 0 Å². The molecule has 0 radical (unpaired) electrons. The van der Waals surface area contributed by atoms with Crippen LogP contribution in [0.5, 0.6) is 0 Å². The maximum Gasteiger partial charge on any atom is 0.0521 e. The molecule has 0 amide bonds. The lowest BCUT2D eigenvalue weighted by Crippen LogP contribution is -2.12. The lowest BCUT2D eigenvalue weighted by Gasteiger charge is -2.14. The summed E-state index contributed by atoms with van der Waals surface area (Å²) in [5.41, 5.74) is 3.19. The Balaban J connectivity index is 0.000000396. The second kappa shape index (κ2) is 3.52. The number of hydrogen-bond acceptors (Lipinski definition) is 1. The Bertz CT molecular complexity index is 284. The van der Waals surface area contributed by atoms with Gasteiger partial charge in [0.15, 0.2) is 0 Å². The van der Waals surface area contributed by atoms with Crippen molar-refractivity contribution in [2.24, 2.45) is 5.41 Å². The number of hydrogen-bond donors (Lipinski definition) is 0. The first-order valence-electron chi connectivity index (χ1n) is 5.10. The van der Waals surface area contributed by atoms with Gasteiger partial charge < -0.3 is 0 Å². The summed E-state index contributed by atoms with van der Waals surface area (Å²) in [6.07, 6.45) is 3.14. The first-order chi connectivity index (χ1) is 6.08. The largest absolute Gasteiger partial charge is 0.269 e. The van der Waals surface area contributed by atoms with E-state index >= 15 is 0 Å². The number of rotatable bonds is 0. The summed E-state index contributed by atoms with van der Waals surface area (Å²) in [4.78, 5) is 0. The van der Waals surface area contributed by atoms with Crippen LogP contribution >= 0.6 is 0 Å². The van der Waals surface area contributed by atoms with Crippen molar-refractivity contribution in [3.8, 4) is 0 Å². The number of aromatic nitrogens is 2. The van der Waals surface area contributed by atoms with Gasteiger partial charge in [0, 0.05) is 12.2 Å². The third-order valence-corrected chi connectivity index (χ3v) is 2.38. The average molecular weight is 180 g/mol. The highest BCUT2D eigenvalue weighted by Gasteiger charge is 2.29. The topological polar surface area (TPSA) is 17.8 Å². The van der Waals surface area contributed by atoms with Gasteiger partial charge in [-0.3, -0.25) is 4.68 Å². The zero-order valence-electron chi connectivity index (χ0n) is 9.39. The summed E-state index contributed by atoms with van der Waals surface area (Å²) < 4.78 is 2.13. The molecule has 0 saturated heterocycles. The molecule has 0 aliphatic carbocycles. The van der Waals surface area contributed by atoms with Crippen LogP contribution < -0.4 is 0 Å². The van der Waals surface area contributed by atoms with Crippen molar-refractivity contribution in [2.45, 2.75) is 47.6 Å². The van der Waals surface area contributed by atoms with Gasteiger partial charge >= 0.3 is 0 Å². The molecule has 1 aromatic heterocycles. The number of aryl methyl sites for hydroxylation is 1. The zero-order valence-corrected chi connectivity index (χ0v) is 9.39. The first-order valence-corrected chi connectivity index (χ1v) is 5.10. The van der Waals surface area contributed by atoms with E-state index in [1.807, 2.05) is 20.0 Å². The van der Waals surface area contributed by atoms with E-state index in [2.05, 4.69) is 30.6 Å². The molecule has 2 nitrogen and oxygen atoms in total. The highest BCUT2D eigenvalue weighted by Crippen LogP contribution is 2.32. The average Bonchev–Trinajstić information content (AvgIpc) is 2.54. The second-order valence-corrected chi connectivity index (χ2v) is 4.27. The van der Waals surface area contributed by atoms with Gasteiger partial charge in [-0.05, 0) is 24.3 Å². The Morgan fingerprint density at radius 1 is 1.38 bits per heavy atom. The predicted octanol–water partition coefficient (Wildman–Crippen LogP) is 2.80. The van der Waals surface area contributed by atoms with Crippen LogP contribution in [0.1, 0.15) is 39.0 Å². The Morgan fingerprint density at radius 3 is 2.54 bits per heavy atom. The molecule has 0 spiro atoms. The standard InChI is InChI=1S/C9H14N2.C2H6/c1-7-5-10-11-6-9(2,3)4-8(7)11;1-2/h5H,4,6H2,1-3H3;1-2H3. The molecular weight excluding hydrogens is 160 g/mol. The van der Waals surface area contributed by atoms with E-state index in [0.717, 1.165) is 6.54 Å². The van der Waals surface area contributed by atoms with Crippen molar-refractivity contribution in [3.63, 3.8) is 0 Å². The first kappa shape index (κ1) is 10.3. The van der Waals surface area contributed by atoms with E-state index in [1.54, 1.807) is 0 Å². The highest BCUT2D eigenvalue weighted by molar-refractivity contribution is 5.20. The maximum absolute atomic E-state index is 4.31. The van der Waals surface area contributed by atoms with Crippen molar-refractivity contribution < 1.29 is 0 Å². The van der Waals surface area contributed by atoms with Crippen LogP contribution in [0.2, 0.25) is 0 Å². The molecule has 0 N–H and O–H groups in total. The molecule has 13 heavy (non-hydrogen) atoms. The Morgan fingerprint density at radius 2 is 2.00 bits per heavy atom. The van der Waals surface area contributed by atoms with Crippen LogP contribution in [0.3, 0.4) is 0 Å². The normalized spacial score (nSPS) is 17.6. The van der Waals surface area contributed by atoms with E-state index in [1.165, 1.54) is 17.7 Å². The molecule has 0 aromatic carbocycles. The van der Waals surface area contributed by atoms with E-state index in [4.69, 9.17) is 0 Å². The van der Waals surface area contributed by atoms with Gasteiger partial charge in [0.25, 0.3) is 0 Å². The smallest absolute Gasteiger partial charge is 0.0521 e. The molecule has 1 aliphatic rings. The van der Waals surface area contributed by atoms with Crippen LogP contribution in [-0.4, -0.2) is 9.78 Å². The van der Waals surface area contributed by atoms with Gasteiger partial charge in [-0.2, -0.15) is 5.10 Å². The van der Waals surface area contributed by atoms with Gasteiger partial charge in [-0.25, -0.2) is 0 Å². The highest BCUT2D eigenvalue weighted by atomic mass is 15.3. The monoisotopic (exact) mass is 180 g/mol. The van der Waals surface area contributed by atoms with Gasteiger partial charge in [0.05, 0.1) is 6.20 Å². The van der Waals surface area contributed by atoms with E-state index in [9.17, 15) is 0 Å². The van der Waals surface area contributed by atoms with Crippen LogP contribution in [0.25, 0.3) is 0 Å². The number of nitrogens with zero attached hydrogens (tertiary/aromatic N) is 2. The van der Waals surface area contributed by atoms with Crippen molar-refractivity contribution >= 4 is 0 Å². The summed E-state index contributed by atoms with van der Waals surface area (Å²) in [6, 6.07) is 0. The molecule has 0 bridgehead atoms. The summed E-state index contributed by atoms with van der Waals surface area (Å²) in [5.74, 6) is 0. The molecule has 0 atom stereocenters. The molecule has 74 valence electrons. The van der Waals surface area contributed by atoms with E-state index in [0.29, 0.717) is 5.41 Å². The minimum absolute atomic E-state index is 0.425. The molecule has 2 heterocycles. The van der Waals surface area contributed by atoms with Crippen molar-refractivity contribution in [1.29, 1.82) is 0 Å². The quantitative estimate of drug-likeness (QED) is 0.600. The molecule has 2 rings (SSSR count). The summed E-state index contributed by atoms with van der Waals surface area (Å²) in [6.45, 7) is 11.8. The molecule has 0 unspecified atom stereocenters. The molecule has 2 heteroatoms. The Kier molecular flexibility index (Phi) is 2.79. The van der Waals surface area contributed by atoms with Crippen molar-refractivity contribution in [2.75, 3.05) is 0 Å². The van der Waals surface area contributed by atoms with Crippen LogP contribution in [0.4, 0.5) is 0 Å². The maximum atomic E-state index is 4.31. The minimum Gasteiger partial charge on any atom is -0.269 e. The van der Waals surface area contributed by atoms with E-state index in [-0.39, 0.29) is 0 Å². The van der Waals surface area contributed by atoms with Gasteiger partial charge in [-0.1, -0.05) is 27.7 Å². The lowest BCUT2D eigenvalue weighted by molar-refractivity contribution is 0.346. The SMILES string of the molecule is CC.Cc1cnn2c1CC(C)(C)C2. The Hall–Kier alpha value is -0.790. The second-order valence-electron chi connectivity index (χ2n) is 4.27. The molecule has 0 fully saturated rings. The fraction of sp³-hybridized carbons (Fsp3) is 0.727. The minimum atomic E-state index is 0.425. The summed E-state index contributed by atoms with van der Waals surface area (Å²) in [7, 11) is 0. The van der Waals surface area contributed by atoms with Gasteiger partial charge in [0.2, 0.25) is 0 Å². The third kappa shape index (κ3) is 1.93. The van der Waals surface area contributed by atoms with Crippen LogP contribution in [-0.2, 0) is 13.0 Å². The van der Waals surface area contributed by atoms with Crippen molar-refractivity contribution in [3.05, 3.63) is 17.5 Å². The summed E-state index contributed by atoms with van der Waals surface area (Å²) >= 11 is 0. The number of fused-ring (bicyclic) bond motifs is 1. The molecule has 1 aliphatic heterocycles. The lowest BCUT2D eigenvalue weighted by atomic mass is 9.91. The fourth-order valence-electron chi connectivity index (χ4n) is 1.79. The van der Waals surface area contributed by atoms with Crippen LogP contribution in [0.15, 0.2) is 6.20 Å². The summed E-state index contributed by atoms with van der Waals surface area (Å²) in [5, 5.41) is 4.31. The fourth-order valence-corrected chi connectivity index (χ4v) is 1.79. The zero-order chi connectivity index (χ0) is 10.1. The predicted molar refractivity (Wildman–Crippen MR) is 55.8 cm³/mol. The van der Waals surface area contributed by atoms with Gasteiger partial charge in [-0.15, -0.1) is 0 Å². The molecule has 0 saturated carbocycles. The van der Waals surface area contributed by atoms with Crippen molar-refractivity contribution in [1.82, 2.24) is 9.78 Å². The molecular formula is C11H20N2. The van der Waals surface area contributed by atoms with Crippen LogP contribution in [0, 0.1) is 12.3 Å². The Labute approximate surface area is 81.0 Å². The third-order valence-electron chi connectivity index (χ3n) is 2.38. The van der Waals surface area contributed by atoms with E-state index < -0.39 is 0 Å². The molecule has 1 aromatic rings.